The number of fused-ring (bicyclic) bond motifs is 3. The van der Waals surface area contributed by atoms with Gasteiger partial charge in [0.2, 0.25) is 0 Å². The number of aromatic nitrogens is 3. The summed E-state index contributed by atoms with van der Waals surface area (Å²) in [4.78, 5) is 15.2. The standard InChI is InChI=1S/C17H14ClN3O2/c1-10-14(9-22)23-13-4-3-12-8-21(20-17(12)16(10)13)7-11-2-5-15(18)19-6-11/h2,5-6,8-9H,3-4,7H2,1H3. The molecule has 4 rings (SSSR count). The van der Waals surface area contributed by atoms with Gasteiger partial charge >= 0.3 is 0 Å². The van der Waals surface area contributed by atoms with Crippen LogP contribution in [0.3, 0.4) is 0 Å². The molecule has 3 aromatic heterocycles. The summed E-state index contributed by atoms with van der Waals surface area (Å²) >= 11 is 5.81. The monoisotopic (exact) mass is 327 g/mol. The van der Waals surface area contributed by atoms with E-state index in [4.69, 9.17) is 21.1 Å². The lowest BCUT2D eigenvalue weighted by Gasteiger charge is -2.09. The summed E-state index contributed by atoms with van der Waals surface area (Å²) in [5.41, 5.74) is 4.98. The molecule has 1 aliphatic carbocycles. The van der Waals surface area contributed by atoms with Crippen molar-refractivity contribution >= 4 is 17.9 Å². The first-order valence-corrected chi connectivity index (χ1v) is 7.78. The van der Waals surface area contributed by atoms with Gasteiger partial charge in [0.15, 0.2) is 12.0 Å². The van der Waals surface area contributed by atoms with Crippen LogP contribution in [0.5, 0.6) is 0 Å². The fourth-order valence-electron chi connectivity index (χ4n) is 3.06. The molecule has 0 unspecified atom stereocenters. The van der Waals surface area contributed by atoms with Gasteiger partial charge in [0, 0.05) is 29.9 Å². The summed E-state index contributed by atoms with van der Waals surface area (Å²) in [5, 5.41) is 5.18. The number of pyridine rings is 1. The highest BCUT2D eigenvalue weighted by atomic mass is 35.5. The van der Waals surface area contributed by atoms with Crippen molar-refractivity contribution in [2.45, 2.75) is 26.3 Å². The lowest BCUT2D eigenvalue weighted by molar-refractivity contribution is 0.109. The van der Waals surface area contributed by atoms with E-state index in [9.17, 15) is 4.79 Å². The predicted octanol–water partition coefficient (Wildman–Crippen LogP) is 3.46. The molecule has 116 valence electrons. The Morgan fingerprint density at radius 1 is 1.39 bits per heavy atom. The second-order valence-corrected chi connectivity index (χ2v) is 6.08. The molecule has 0 radical (unpaired) electrons. The molecule has 0 fully saturated rings. The van der Waals surface area contributed by atoms with Gasteiger partial charge in [-0.2, -0.15) is 5.10 Å². The zero-order valence-electron chi connectivity index (χ0n) is 12.5. The SMILES string of the molecule is Cc1c(C=O)oc2c1-c1nn(Cc3ccc(Cl)nc3)cc1CC2. The average Bonchev–Trinajstić information content (AvgIpc) is 3.09. The Kier molecular flexibility index (Phi) is 3.31. The van der Waals surface area contributed by atoms with Crippen LogP contribution in [0.4, 0.5) is 0 Å². The smallest absolute Gasteiger partial charge is 0.185 e. The number of halogens is 1. The number of carbonyl (C=O) groups is 1. The zero-order valence-corrected chi connectivity index (χ0v) is 13.3. The molecule has 0 amide bonds. The van der Waals surface area contributed by atoms with Gasteiger partial charge in [-0.3, -0.25) is 9.48 Å². The minimum absolute atomic E-state index is 0.402. The van der Waals surface area contributed by atoms with Gasteiger partial charge in [-0.05, 0) is 30.5 Å². The molecule has 23 heavy (non-hydrogen) atoms. The van der Waals surface area contributed by atoms with E-state index in [0.29, 0.717) is 17.5 Å². The maximum Gasteiger partial charge on any atom is 0.185 e. The summed E-state index contributed by atoms with van der Waals surface area (Å²) in [5.74, 6) is 1.26. The topological polar surface area (TPSA) is 60.9 Å². The van der Waals surface area contributed by atoms with Crippen LogP contribution in [0, 0.1) is 6.92 Å². The summed E-state index contributed by atoms with van der Waals surface area (Å²) < 4.78 is 7.54. The summed E-state index contributed by atoms with van der Waals surface area (Å²) in [6.07, 6.45) is 6.24. The van der Waals surface area contributed by atoms with Crippen LogP contribution in [-0.4, -0.2) is 21.1 Å². The molecule has 6 heteroatoms. The molecular formula is C17H14ClN3O2. The van der Waals surface area contributed by atoms with Crippen molar-refractivity contribution in [1.29, 1.82) is 0 Å². The summed E-state index contributed by atoms with van der Waals surface area (Å²) in [6.45, 7) is 2.53. The van der Waals surface area contributed by atoms with Crippen LogP contribution in [0.25, 0.3) is 11.3 Å². The van der Waals surface area contributed by atoms with E-state index < -0.39 is 0 Å². The molecule has 0 spiro atoms. The second-order valence-electron chi connectivity index (χ2n) is 5.70. The largest absolute Gasteiger partial charge is 0.457 e. The molecule has 3 heterocycles. The minimum atomic E-state index is 0.402. The van der Waals surface area contributed by atoms with Crippen molar-refractivity contribution in [2.24, 2.45) is 0 Å². The van der Waals surface area contributed by atoms with E-state index in [1.165, 1.54) is 5.56 Å². The third kappa shape index (κ3) is 2.37. The third-order valence-electron chi connectivity index (χ3n) is 4.19. The predicted molar refractivity (Wildman–Crippen MR) is 85.8 cm³/mol. The van der Waals surface area contributed by atoms with E-state index in [-0.39, 0.29) is 0 Å². The van der Waals surface area contributed by atoms with Crippen molar-refractivity contribution in [3.8, 4) is 11.3 Å². The van der Waals surface area contributed by atoms with E-state index in [1.54, 1.807) is 12.3 Å². The van der Waals surface area contributed by atoms with Crippen molar-refractivity contribution < 1.29 is 9.21 Å². The molecule has 1 aliphatic rings. The van der Waals surface area contributed by atoms with Crippen LogP contribution in [-0.2, 0) is 19.4 Å². The Morgan fingerprint density at radius 3 is 3.00 bits per heavy atom. The highest BCUT2D eigenvalue weighted by Crippen LogP contribution is 2.37. The van der Waals surface area contributed by atoms with Crippen LogP contribution >= 0.6 is 11.6 Å². The Morgan fingerprint density at radius 2 is 2.26 bits per heavy atom. The van der Waals surface area contributed by atoms with Gasteiger partial charge in [0.05, 0.1) is 12.2 Å². The van der Waals surface area contributed by atoms with Crippen LogP contribution in [0.1, 0.15) is 33.0 Å². The number of carbonyl (C=O) groups excluding carboxylic acids is 1. The van der Waals surface area contributed by atoms with Crippen LogP contribution in [0.2, 0.25) is 5.15 Å². The lowest BCUT2D eigenvalue weighted by atomic mass is 9.94. The second kappa shape index (κ2) is 5.35. The Balaban J connectivity index is 1.72. The molecule has 0 atom stereocenters. The normalized spacial score (nSPS) is 12.8. The van der Waals surface area contributed by atoms with Gasteiger partial charge < -0.3 is 4.42 Å². The van der Waals surface area contributed by atoms with E-state index >= 15 is 0 Å². The van der Waals surface area contributed by atoms with Crippen molar-refractivity contribution in [1.82, 2.24) is 14.8 Å². The molecule has 3 aromatic rings. The molecule has 0 aromatic carbocycles. The fraction of sp³-hybridized carbons (Fsp3) is 0.235. The molecule has 5 nitrogen and oxygen atoms in total. The number of nitrogens with zero attached hydrogens (tertiary/aromatic N) is 3. The highest BCUT2D eigenvalue weighted by molar-refractivity contribution is 6.29. The third-order valence-corrected chi connectivity index (χ3v) is 4.42. The Labute approximate surface area is 137 Å². The van der Waals surface area contributed by atoms with Crippen molar-refractivity contribution in [2.75, 3.05) is 0 Å². The maximum atomic E-state index is 11.1. The fourth-order valence-corrected chi connectivity index (χ4v) is 3.17. The molecule has 0 saturated heterocycles. The van der Waals surface area contributed by atoms with Crippen molar-refractivity contribution in [3.05, 3.63) is 57.9 Å². The van der Waals surface area contributed by atoms with Gasteiger partial charge in [-0.15, -0.1) is 0 Å². The number of furan rings is 1. The number of aldehydes is 1. The van der Waals surface area contributed by atoms with E-state index in [2.05, 4.69) is 11.2 Å². The molecule has 0 N–H and O–H groups in total. The van der Waals surface area contributed by atoms with E-state index in [0.717, 1.165) is 47.3 Å². The number of rotatable bonds is 3. The zero-order chi connectivity index (χ0) is 16.0. The minimum Gasteiger partial charge on any atom is -0.457 e. The van der Waals surface area contributed by atoms with Gasteiger partial charge in [0.25, 0.3) is 0 Å². The lowest BCUT2D eigenvalue weighted by Crippen LogP contribution is -2.01. The van der Waals surface area contributed by atoms with Crippen molar-refractivity contribution in [3.63, 3.8) is 0 Å². The molecule has 0 aliphatic heterocycles. The van der Waals surface area contributed by atoms with Gasteiger partial charge in [-0.1, -0.05) is 17.7 Å². The highest BCUT2D eigenvalue weighted by Gasteiger charge is 2.27. The maximum absolute atomic E-state index is 11.1. The van der Waals surface area contributed by atoms with Gasteiger partial charge in [0.1, 0.15) is 10.9 Å². The quantitative estimate of drug-likeness (QED) is 0.546. The summed E-state index contributed by atoms with van der Waals surface area (Å²) in [7, 11) is 0. The average molecular weight is 328 g/mol. The number of hydrogen-bond acceptors (Lipinski definition) is 4. The molecule has 0 saturated carbocycles. The summed E-state index contributed by atoms with van der Waals surface area (Å²) in [6, 6.07) is 3.71. The molecule has 0 bridgehead atoms. The first kappa shape index (κ1) is 14.2. The first-order valence-electron chi connectivity index (χ1n) is 7.40. The first-order chi connectivity index (χ1) is 11.2. The van der Waals surface area contributed by atoms with E-state index in [1.807, 2.05) is 17.7 Å². The van der Waals surface area contributed by atoms with Crippen LogP contribution in [0.15, 0.2) is 28.9 Å². The van der Waals surface area contributed by atoms with Gasteiger partial charge in [-0.25, -0.2) is 4.98 Å². The van der Waals surface area contributed by atoms with Crippen LogP contribution < -0.4 is 0 Å². The Hall–Kier alpha value is -2.40. The molecular weight excluding hydrogens is 314 g/mol. The number of aryl methyl sites for hydroxylation is 2. The number of hydrogen-bond donors (Lipinski definition) is 0. The Bertz CT molecular complexity index is 893.